The van der Waals surface area contributed by atoms with Gasteiger partial charge in [-0.2, -0.15) is 0 Å². The third-order valence-corrected chi connectivity index (χ3v) is 4.47. The minimum absolute atomic E-state index is 0.00702. The summed E-state index contributed by atoms with van der Waals surface area (Å²) in [4.78, 5) is 13.2. The molecule has 0 heterocycles. The number of benzene rings is 2. The first-order valence-corrected chi connectivity index (χ1v) is 9.06. The fourth-order valence-corrected chi connectivity index (χ4v) is 2.97. The molecule has 0 aliphatic heterocycles. The summed E-state index contributed by atoms with van der Waals surface area (Å²) in [5.41, 5.74) is 0.743. The lowest BCUT2D eigenvalue weighted by atomic mass is 10.2. The van der Waals surface area contributed by atoms with Crippen LogP contribution in [-0.2, 0) is 4.79 Å². The molecule has 0 radical (unpaired) electrons. The molecule has 126 valence electrons. The number of amides is 1. The molecule has 0 aliphatic rings. The van der Waals surface area contributed by atoms with E-state index >= 15 is 0 Å². The normalized spacial score (nSPS) is 10.2. The molecule has 0 saturated carbocycles. The molecule has 2 aromatic rings. The molecule has 5 heteroatoms. The molecular formula is C19H20ClNO2S. The van der Waals surface area contributed by atoms with Crippen molar-refractivity contribution in [2.45, 2.75) is 17.7 Å². The van der Waals surface area contributed by atoms with E-state index in [-0.39, 0.29) is 5.91 Å². The second kappa shape index (κ2) is 10.1. The van der Waals surface area contributed by atoms with E-state index in [4.69, 9.17) is 16.3 Å². The Bertz CT molecular complexity index is 673. The number of carbonyl (C=O) groups excluding carboxylic acids is 1. The van der Waals surface area contributed by atoms with Crippen molar-refractivity contribution in [2.24, 2.45) is 0 Å². The number of hydrogen-bond acceptors (Lipinski definition) is 3. The lowest BCUT2D eigenvalue weighted by molar-refractivity contribution is -0.116. The van der Waals surface area contributed by atoms with Gasteiger partial charge in [-0.3, -0.25) is 4.79 Å². The highest BCUT2D eigenvalue weighted by Gasteiger charge is 2.04. The van der Waals surface area contributed by atoms with Crippen LogP contribution in [0.1, 0.15) is 12.8 Å². The molecule has 0 fully saturated rings. The zero-order valence-corrected chi connectivity index (χ0v) is 14.9. The van der Waals surface area contributed by atoms with Crippen LogP contribution in [0.3, 0.4) is 0 Å². The molecule has 0 unspecified atom stereocenters. The molecule has 0 aliphatic carbocycles. The van der Waals surface area contributed by atoms with Crippen LogP contribution < -0.4 is 10.1 Å². The summed E-state index contributed by atoms with van der Waals surface area (Å²) >= 11 is 7.58. The Balaban J connectivity index is 1.71. The summed E-state index contributed by atoms with van der Waals surface area (Å²) in [5, 5.41) is 3.63. The molecule has 1 amide bonds. The lowest BCUT2D eigenvalue weighted by Crippen LogP contribution is -2.11. The number of carbonyl (C=O) groups is 1. The van der Waals surface area contributed by atoms with Crippen molar-refractivity contribution in [1.29, 1.82) is 0 Å². The number of hydrogen-bond donors (Lipinski definition) is 1. The number of nitrogens with one attached hydrogen (secondary N) is 1. The SMILES string of the molecule is C=CCOc1cccc(NC(=O)CCCSc2ccc(Cl)cc2)c1. The molecule has 0 bridgehead atoms. The van der Waals surface area contributed by atoms with Crippen molar-refractivity contribution < 1.29 is 9.53 Å². The molecular weight excluding hydrogens is 342 g/mol. The number of anilines is 1. The van der Waals surface area contributed by atoms with E-state index < -0.39 is 0 Å². The Labute approximate surface area is 152 Å². The van der Waals surface area contributed by atoms with Crippen LogP contribution in [0.4, 0.5) is 5.69 Å². The lowest BCUT2D eigenvalue weighted by Gasteiger charge is -2.08. The maximum Gasteiger partial charge on any atom is 0.224 e. The summed E-state index contributed by atoms with van der Waals surface area (Å²) in [5.74, 6) is 1.61. The van der Waals surface area contributed by atoms with Crippen molar-refractivity contribution in [2.75, 3.05) is 17.7 Å². The van der Waals surface area contributed by atoms with Gasteiger partial charge in [-0.15, -0.1) is 11.8 Å². The summed E-state index contributed by atoms with van der Waals surface area (Å²) in [6, 6.07) is 15.1. The van der Waals surface area contributed by atoms with Crippen molar-refractivity contribution in [3.63, 3.8) is 0 Å². The van der Waals surface area contributed by atoms with Crippen LogP contribution in [0, 0.1) is 0 Å². The van der Waals surface area contributed by atoms with Crippen molar-refractivity contribution in [3.8, 4) is 5.75 Å². The van der Waals surface area contributed by atoms with Crippen LogP contribution in [0.15, 0.2) is 66.1 Å². The van der Waals surface area contributed by atoms with E-state index in [0.717, 1.165) is 27.8 Å². The van der Waals surface area contributed by atoms with Gasteiger partial charge in [-0.1, -0.05) is 30.3 Å². The molecule has 2 aromatic carbocycles. The first-order valence-electron chi connectivity index (χ1n) is 7.69. The van der Waals surface area contributed by atoms with Crippen molar-refractivity contribution >= 4 is 35.0 Å². The quantitative estimate of drug-likeness (QED) is 0.368. The third kappa shape index (κ3) is 6.69. The van der Waals surface area contributed by atoms with Gasteiger partial charge in [-0.25, -0.2) is 0 Å². The topological polar surface area (TPSA) is 38.3 Å². The summed E-state index contributed by atoms with van der Waals surface area (Å²) in [6.45, 7) is 4.05. The second-order valence-corrected chi connectivity index (χ2v) is 6.69. The van der Waals surface area contributed by atoms with Crippen LogP contribution in [0.2, 0.25) is 5.02 Å². The second-order valence-electron chi connectivity index (χ2n) is 5.08. The van der Waals surface area contributed by atoms with E-state index in [0.29, 0.717) is 18.8 Å². The molecule has 0 spiro atoms. The highest BCUT2D eigenvalue weighted by molar-refractivity contribution is 7.99. The Kier molecular flexibility index (Phi) is 7.72. The van der Waals surface area contributed by atoms with E-state index in [1.165, 1.54) is 0 Å². The minimum Gasteiger partial charge on any atom is -0.489 e. The molecule has 2 rings (SSSR count). The smallest absolute Gasteiger partial charge is 0.224 e. The van der Waals surface area contributed by atoms with Gasteiger partial charge >= 0.3 is 0 Å². The first kappa shape index (κ1) is 18.4. The standard InChI is InChI=1S/C19H20ClNO2S/c1-2-12-23-17-6-3-5-16(14-17)21-19(22)7-4-13-24-18-10-8-15(20)9-11-18/h2-3,5-6,8-11,14H,1,4,7,12-13H2,(H,21,22). The number of halogens is 1. The van der Waals surface area contributed by atoms with E-state index in [9.17, 15) is 4.79 Å². The first-order chi connectivity index (χ1) is 11.7. The molecule has 24 heavy (non-hydrogen) atoms. The molecule has 0 aromatic heterocycles. The van der Waals surface area contributed by atoms with Crippen molar-refractivity contribution in [1.82, 2.24) is 0 Å². The van der Waals surface area contributed by atoms with E-state index in [2.05, 4.69) is 11.9 Å². The molecule has 0 atom stereocenters. The predicted molar refractivity (Wildman–Crippen MR) is 102 cm³/mol. The van der Waals surface area contributed by atoms with E-state index in [1.807, 2.05) is 48.5 Å². The molecule has 1 N–H and O–H groups in total. The maximum absolute atomic E-state index is 12.0. The van der Waals surface area contributed by atoms with Gasteiger partial charge in [0.15, 0.2) is 0 Å². The fraction of sp³-hybridized carbons (Fsp3) is 0.211. The Morgan fingerprint density at radius 3 is 2.79 bits per heavy atom. The number of ether oxygens (including phenoxy) is 1. The van der Waals surface area contributed by atoms with Gasteiger partial charge in [0.25, 0.3) is 0 Å². The van der Waals surface area contributed by atoms with Crippen LogP contribution in [0.25, 0.3) is 0 Å². The molecule has 3 nitrogen and oxygen atoms in total. The third-order valence-electron chi connectivity index (χ3n) is 3.12. The zero-order valence-electron chi connectivity index (χ0n) is 13.3. The summed E-state index contributed by atoms with van der Waals surface area (Å²) in [7, 11) is 0. The predicted octanol–water partition coefficient (Wildman–Crippen LogP) is 5.42. The largest absolute Gasteiger partial charge is 0.489 e. The zero-order chi connectivity index (χ0) is 17.2. The minimum atomic E-state index is 0.00702. The monoisotopic (exact) mass is 361 g/mol. The van der Waals surface area contributed by atoms with Crippen LogP contribution in [0.5, 0.6) is 5.75 Å². The summed E-state index contributed by atoms with van der Waals surface area (Å²) < 4.78 is 5.45. The van der Waals surface area contributed by atoms with Gasteiger partial charge in [0.05, 0.1) is 0 Å². The number of rotatable bonds is 9. The Morgan fingerprint density at radius 1 is 1.25 bits per heavy atom. The van der Waals surface area contributed by atoms with Crippen LogP contribution in [-0.4, -0.2) is 18.3 Å². The summed E-state index contributed by atoms with van der Waals surface area (Å²) in [6.07, 6.45) is 2.98. The van der Waals surface area contributed by atoms with E-state index in [1.54, 1.807) is 17.8 Å². The van der Waals surface area contributed by atoms with Gasteiger partial charge in [-0.05, 0) is 48.6 Å². The van der Waals surface area contributed by atoms with Gasteiger partial charge < -0.3 is 10.1 Å². The van der Waals surface area contributed by atoms with Crippen LogP contribution >= 0.6 is 23.4 Å². The Morgan fingerprint density at radius 2 is 2.04 bits per heavy atom. The highest BCUT2D eigenvalue weighted by Crippen LogP contribution is 2.22. The van der Waals surface area contributed by atoms with Crippen molar-refractivity contribution in [3.05, 3.63) is 66.2 Å². The highest BCUT2D eigenvalue weighted by atomic mass is 35.5. The number of thioether (sulfide) groups is 1. The van der Waals surface area contributed by atoms with Gasteiger partial charge in [0.2, 0.25) is 5.91 Å². The molecule has 0 saturated heterocycles. The Hall–Kier alpha value is -1.91. The average Bonchev–Trinajstić information content (AvgIpc) is 2.59. The van der Waals surface area contributed by atoms with Gasteiger partial charge in [0, 0.05) is 28.1 Å². The fourth-order valence-electron chi connectivity index (χ4n) is 2.00. The average molecular weight is 362 g/mol. The van der Waals surface area contributed by atoms with Gasteiger partial charge in [0.1, 0.15) is 12.4 Å². The maximum atomic E-state index is 12.0.